The monoisotopic (exact) mass is 395 g/mol. The van der Waals surface area contributed by atoms with Crippen molar-refractivity contribution < 1.29 is 26.4 Å². The van der Waals surface area contributed by atoms with Crippen molar-refractivity contribution >= 4 is 21.6 Å². The van der Waals surface area contributed by atoms with Crippen LogP contribution in [0.1, 0.15) is 16.1 Å². The van der Waals surface area contributed by atoms with Crippen LogP contribution in [0.15, 0.2) is 72.0 Å². The molecular weight excluding hydrogens is 383 g/mol. The zero-order valence-electron chi connectivity index (χ0n) is 13.5. The Kier molecular flexibility index (Phi) is 4.75. The van der Waals surface area contributed by atoms with Crippen LogP contribution in [0.3, 0.4) is 0 Å². The molecule has 0 saturated carbocycles. The molecule has 0 unspecified atom stereocenters. The van der Waals surface area contributed by atoms with E-state index in [4.69, 9.17) is 0 Å². The number of carbonyl (C=O) groups excluding carboxylic acids is 1. The van der Waals surface area contributed by atoms with Crippen molar-refractivity contribution in [3.05, 3.63) is 78.4 Å². The molecule has 2 heterocycles. The second kappa shape index (κ2) is 6.88. The number of hydrogen-bond donors (Lipinski definition) is 1. The number of benzene rings is 1. The smallest absolute Gasteiger partial charge is 0.319 e. The molecule has 3 aromatic rings. The lowest BCUT2D eigenvalue weighted by molar-refractivity contribution is -0.137. The number of aromatic nitrogens is 2. The molecule has 1 N–H and O–H groups in total. The maximum Gasteiger partial charge on any atom is 0.416 e. The predicted octanol–water partition coefficient (Wildman–Crippen LogP) is 3.39. The summed E-state index contributed by atoms with van der Waals surface area (Å²) < 4.78 is 63.7. The Balaban J connectivity index is 1.81. The number of anilines is 1. The predicted molar refractivity (Wildman–Crippen MR) is 90.7 cm³/mol. The van der Waals surface area contributed by atoms with E-state index in [1.165, 1.54) is 24.5 Å². The van der Waals surface area contributed by atoms with E-state index in [9.17, 15) is 26.4 Å². The molecule has 6 nitrogen and oxygen atoms in total. The summed E-state index contributed by atoms with van der Waals surface area (Å²) in [7, 11) is -4.10. The Bertz CT molecular complexity index is 1060. The second-order valence-corrected chi connectivity index (χ2v) is 7.27. The molecule has 2 aromatic heterocycles. The van der Waals surface area contributed by atoms with Crippen LogP contribution < -0.4 is 5.32 Å². The number of nitrogens with one attached hydrogen (secondary N) is 1. The van der Waals surface area contributed by atoms with E-state index in [2.05, 4.69) is 10.3 Å². The first-order valence-corrected chi connectivity index (χ1v) is 8.95. The van der Waals surface area contributed by atoms with E-state index in [-0.39, 0.29) is 16.3 Å². The fourth-order valence-corrected chi connectivity index (χ4v) is 3.43. The Morgan fingerprint density at radius 3 is 2.33 bits per heavy atom. The average Bonchev–Trinajstić information content (AvgIpc) is 3.11. The first-order chi connectivity index (χ1) is 12.7. The summed E-state index contributed by atoms with van der Waals surface area (Å²) in [6, 6.07) is 9.26. The lowest BCUT2D eigenvalue weighted by Crippen LogP contribution is -2.14. The molecule has 0 bridgehead atoms. The Morgan fingerprint density at radius 2 is 1.74 bits per heavy atom. The molecule has 0 fully saturated rings. The highest BCUT2D eigenvalue weighted by atomic mass is 32.2. The van der Waals surface area contributed by atoms with Crippen LogP contribution in [0.25, 0.3) is 0 Å². The highest BCUT2D eigenvalue weighted by Crippen LogP contribution is 2.30. The summed E-state index contributed by atoms with van der Waals surface area (Å²) in [5, 5.41) is 2.50. The zero-order chi connectivity index (χ0) is 19.7. The first kappa shape index (κ1) is 18.6. The number of amides is 1. The van der Waals surface area contributed by atoms with Crippen LogP contribution in [0, 0.1) is 0 Å². The molecule has 140 valence electrons. The summed E-state index contributed by atoms with van der Waals surface area (Å²) in [5.74, 6) is -0.528. The third kappa shape index (κ3) is 4.00. The lowest BCUT2D eigenvalue weighted by atomic mass is 10.2. The number of hydrogen-bond acceptors (Lipinski definition) is 4. The minimum Gasteiger partial charge on any atom is -0.319 e. The van der Waals surface area contributed by atoms with Crippen LogP contribution >= 0.6 is 0 Å². The van der Waals surface area contributed by atoms with Crippen molar-refractivity contribution in [1.29, 1.82) is 0 Å². The van der Waals surface area contributed by atoms with Crippen molar-refractivity contribution in [2.75, 3.05) is 5.32 Å². The van der Waals surface area contributed by atoms with Crippen LogP contribution in [-0.2, 0) is 16.2 Å². The topological polar surface area (TPSA) is 81.1 Å². The summed E-state index contributed by atoms with van der Waals surface area (Å²) >= 11 is 0. The molecule has 0 aliphatic rings. The summed E-state index contributed by atoms with van der Waals surface area (Å²) in [6.45, 7) is 0. The van der Waals surface area contributed by atoms with Crippen LogP contribution in [0.4, 0.5) is 18.9 Å². The van der Waals surface area contributed by atoms with Gasteiger partial charge in [-0.25, -0.2) is 12.4 Å². The first-order valence-electron chi connectivity index (χ1n) is 7.51. The molecule has 10 heteroatoms. The number of rotatable bonds is 4. The van der Waals surface area contributed by atoms with Crippen molar-refractivity contribution in [3.63, 3.8) is 0 Å². The Labute approximate surface area is 152 Å². The minimum absolute atomic E-state index is 0.149. The van der Waals surface area contributed by atoms with Gasteiger partial charge in [-0.3, -0.25) is 9.78 Å². The van der Waals surface area contributed by atoms with Crippen molar-refractivity contribution in [1.82, 2.24) is 8.96 Å². The fourth-order valence-electron chi connectivity index (χ4n) is 2.23. The van der Waals surface area contributed by atoms with Gasteiger partial charge in [0.15, 0.2) is 0 Å². The molecule has 0 aliphatic heterocycles. The van der Waals surface area contributed by atoms with Crippen LogP contribution in [0.5, 0.6) is 0 Å². The molecule has 0 saturated heterocycles. The average molecular weight is 395 g/mol. The number of halogens is 3. The molecule has 1 amide bonds. The second-order valence-electron chi connectivity index (χ2n) is 5.43. The zero-order valence-corrected chi connectivity index (χ0v) is 14.3. The largest absolute Gasteiger partial charge is 0.416 e. The van der Waals surface area contributed by atoms with Gasteiger partial charge >= 0.3 is 6.18 Å². The fraction of sp³-hybridized carbons (Fsp3) is 0.0588. The maximum atomic E-state index is 12.6. The van der Waals surface area contributed by atoms with Gasteiger partial charge in [0.2, 0.25) is 0 Å². The third-order valence-electron chi connectivity index (χ3n) is 3.58. The van der Waals surface area contributed by atoms with E-state index in [1.54, 1.807) is 12.1 Å². The molecule has 0 radical (unpaired) electrons. The van der Waals surface area contributed by atoms with Crippen molar-refractivity contribution in [3.8, 4) is 0 Å². The van der Waals surface area contributed by atoms with Gasteiger partial charge in [-0.15, -0.1) is 0 Å². The minimum atomic E-state index is -4.56. The number of pyridine rings is 1. The summed E-state index contributed by atoms with van der Waals surface area (Å²) in [5.41, 5.74) is -0.603. The Morgan fingerprint density at radius 1 is 1.04 bits per heavy atom. The molecular formula is C17H12F3N3O3S. The standard InChI is InChI=1S/C17H12F3N3O3S/c18-17(19,20)12-4-6-14(7-5-12)27(25,26)23-10-8-13(11-23)22-16(24)15-3-1-2-9-21-15/h1-11H,(H,22,24). The summed E-state index contributed by atoms with van der Waals surface area (Å²) in [6.07, 6.45) is -0.789. The number of carbonyl (C=O) groups is 1. The van der Waals surface area contributed by atoms with Gasteiger partial charge in [0, 0.05) is 18.6 Å². The third-order valence-corrected chi connectivity index (χ3v) is 5.23. The van der Waals surface area contributed by atoms with Gasteiger partial charge in [-0.05, 0) is 42.5 Å². The van der Waals surface area contributed by atoms with E-state index >= 15 is 0 Å². The highest BCUT2D eigenvalue weighted by molar-refractivity contribution is 7.90. The van der Waals surface area contributed by atoms with Gasteiger partial charge in [0.1, 0.15) is 5.69 Å². The quantitative estimate of drug-likeness (QED) is 0.734. The molecule has 0 spiro atoms. The highest BCUT2D eigenvalue weighted by Gasteiger charge is 2.30. The molecule has 0 atom stereocenters. The van der Waals surface area contributed by atoms with Crippen LogP contribution in [-0.4, -0.2) is 23.3 Å². The van der Waals surface area contributed by atoms with E-state index in [1.807, 2.05) is 0 Å². The SMILES string of the molecule is O=C(Nc1ccn(S(=O)(=O)c2ccc(C(F)(F)F)cc2)c1)c1ccccn1. The van der Waals surface area contributed by atoms with Crippen molar-refractivity contribution in [2.45, 2.75) is 11.1 Å². The normalized spacial score (nSPS) is 12.0. The molecule has 1 aromatic carbocycles. The van der Waals surface area contributed by atoms with Gasteiger partial charge < -0.3 is 5.32 Å². The maximum absolute atomic E-state index is 12.6. The van der Waals surface area contributed by atoms with E-state index in [0.717, 1.165) is 22.3 Å². The van der Waals surface area contributed by atoms with Gasteiger partial charge in [-0.2, -0.15) is 13.2 Å². The Hall–Kier alpha value is -3.14. The van der Waals surface area contributed by atoms with Gasteiger partial charge in [0.25, 0.3) is 15.9 Å². The van der Waals surface area contributed by atoms with E-state index in [0.29, 0.717) is 12.1 Å². The number of nitrogens with zero attached hydrogens (tertiary/aromatic N) is 2. The van der Waals surface area contributed by atoms with Gasteiger partial charge in [-0.1, -0.05) is 6.07 Å². The molecule has 0 aliphatic carbocycles. The van der Waals surface area contributed by atoms with Gasteiger partial charge in [0.05, 0.1) is 16.1 Å². The summed E-state index contributed by atoms with van der Waals surface area (Å²) in [4.78, 5) is 15.6. The van der Waals surface area contributed by atoms with E-state index < -0.39 is 27.7 Å². The van der Waals surface area contributed by atoms with Crippen molar-refractivity contribution in [2.24, 2.45) is 0 Å². The number of alkyl halides is 3. The lowest BCUT2D eigenvalue weighted by Gasteiger charge is -2.09. The van der Waals surface area contributed by atoms with Crippen LogP contribution in [0.2, 0.25) is 0 Å². The molecule has 3 rings (SSSR count). The molecule has 27 heavy (non-hydrogen) atoms.